The average molecular weight is 275 g/mol. The molecule has 20 heavy (non-hydrogen) atoms. The van der Waals surface area contributed by atoms with Crippen LogP contribution in [0.4, 0.5) is 5.69 Å². The predicted octanol–water partition coefficient (Wildman–Crippen LogP) is 2.41. The van der Waals surface area contributed by atoms with Crippen molar-refractivity contribution in [1.29, 1.82) is 0 Å². The lowest BCUT2D eigenvalue weighted by Crippen LogP contribution is -2.26. The lowest BCUT2D eigenvalue weighted by Gasteiger charge is -2.19. The average Bonchev–Trinajstić information content (AvgIpc) is 2.66. The second kappa shape index (κ2) is 5.71. The van der Waals surface area contributed by atoms with Crippen molar-refractivity contribution in [3.05, 3.63) is 28.7 Å². The number of hydrogen-bond donors (Lipinski definition) is 2. The summed E-state index contributed by atoms with van der Waals surface area (Å²) in [6, 6.07) is 6.26. The van der Waals surface area contributed by atoms with Gasteiger partial charge in [0.2, 0.25) is 0 Å². The molecule has 0 radical (unpaired) electrons. The van der Waals surface area contributed by atoms with Crippen LogP contribution in [0.5, 0.6) is 0 Å². The second-order valence-electron chi connectivity index (χ2n) is 5.43. The van der Waals surface area contributed by atoms with Crippen LogP contribution in [0.25, 0.3) is 11.1 Å². The third kappa shape index (κ3) is 2.88. The number of hydrogen-bond acceptors (Lipinski definition) is 4. The summed E-state index contributed by atoms with van der Waals surface area (Å²) in [6.07, 6.45) is 3.58. The summed E-state index contributed by atoms with van der Waals surface area (Å²) < 4.78 is 5.02. The number of anilines is 1. The molecule has 1 saturated heterocycles. The molecule has 2 N–H and O–H groups in total. The Balaban J connectivity index is 1.70. The van der Waals surface area contributed by atoms with Crippen LogP contribution in [-0.4, -0.2) is 35.6 Å². The molecule has 0 spiro atoms. The third-order valence-corrected chi connectivity index (χ3v) is 4.06. The molecule has 1 aromatic carbocycles. The molecule has 0 amide bonds. The van der Waals surface area contributed by atoms with Gasteiger partial charge in [0.05, 0.1) is 5.52 Å². The summed E-state index contributed by atoms with van der Waals surface area (Å²) in [5.74, 6) is -0.398. The van der Waals surface area contributed by atoms with Crippen molar-refractivity contribution in [2.24, 2.45) is 0 Å². The molecule has 1 atom stereocenters. The maximum Gasteiger partial charge on any atom is 0.417 e. The molecular formula is C15H21N3O2. The van der Waals surface area contributed by atoms with E-state index in [1.807, 2.05) is 18.2 Å². The topological polar surface area (TPSA) is 61.3 Å². The molecule has 108 valence electrons. The van der Waals surface area contributed by atoms with Crippen molar-refractivity contribution in [3.63, 3.8) is 0 Å². The van der Waals surface area contributed by atoms with Gasteiger partial charge in [-0.25, -0.2) is 4.79 Å². The van der Waals surface area contributed by atoms with Crippen molar-refractivity contribution >= 4 is 16.8 Å². The van der Waals surface area contributed by atoms with Crippen LogP contribution in [-0.2, 0) is 0 Å². The lowest BCUT2D eigenvalue weighted by molar-refractivity contribution is 0.300. The van der Waals surface area contributed by atoms with E-state index in [4.69, 9.17) is 4.42 Å². The Labute approximate surface area is 118 Å². The van der Waals surface area contributed by atoms with Gasteiger partial charge in [-0.3, -0.25) is 4.98 Å². The zero-order valence-corrected chi connectivity index (χ0v) is 11.8. The Morgan fingerprint density at radius 3 is 3.15 bits per heavy atom. The third-order valence-electron chi connectivity index (χ3n) is 4.06. The number of rotatable bonds is 3. The van der Waals surface area contributed by atoms with Gasteiger partial charge in [-0.15, -0.1) is 0 Å². The molecule has 1 aromatic heterocycles. The zero-order valence-electron chi connectivity index (χ0n) is 11.8. The fourth-order valence-corrected chi connectivity index (χ4v) is 2.89. The normalized spacial score (nSPS) is 20.9. The number of nitrogens with zero attached hydrogens (tertiary/aromatic N) is 1. The van der Waals surface area contributed by atoms with E-state index in [1.165, 1.54) is 19.4 Å². The molecule has 2 aromatic rings. The molecule has 0 bridgehead atoms. The first kappa shape index (κ1) is 13.2. The molecule has 1 aliphatic rings. The van der Waals surface area contributed by atoms with E-state index in [0.29, 0.717) is 11.6 Å². The number of aromatic nitrogens is 1. The van der Waals surface area contributed by atoms with E-state index in [-0.39, 0.29) is 0 Å². The minimum Gasteiger partial charge on any atom is -0.408 e. The van der Waals surface area contributed by atoms with E-state index < -0.39 is 5.76 Å². The van der Waals surface area contributed by atoms with Crippen molar-refractivity contribution in [2.75, 3.05) is 25.0 Å². The predicted molar refractivity (Wildman–Crippen MR) is 80.2 cm³/mol. The Morgan fingerprint density at radius 2 is 2.30 bits per heavy atom. The van der Waals surface area contributed by atoms with Crippen LogP contribution in [0.1, 0.15) is 26.2 Å². The number of benzene rings is 1. The molecule has 0 saturated carbocycles. The summed E-state index contributed by atoms with van der Waals surface area (Å²) in [5, 5.41) is 3.58. The van der Waals surface area contributed by atoms with Crippen LogP contribution in [0.15, 0.2) is 27.4 Å². The van der Waals surface area contributed by atoms with Crippen LogP contribution >= 0.6 is 0 Å². The molecule has 1 aliphatic heterocycles. The number of aromatic amines is 1. The summed E-state index contributed by atoms with van der Waals surface area (Å²) >= 11 is 0. The minimum atomic E-state index is -0.398. The highest BCUT2D eigenvalue weighted by Gasteiger charge is 2.16. The second-order valence-corrected chi connectivity index (χ2v) is 5.43. The maximum atomic E-state index is 11.2. The van der Waals surface area contributed by atoms with Gasteiger partial charge >= 0.3 is 5.76 Å². The number of nitrogens with one attached hydrogen (secondary N) is 2. The molecule has 2 heterocycles. The number of fused-ring (bicyclic) bond motifs is 1. The van der Waals surface area contributed by atoms with Crippen molar-refractivity contribution in [2.45, 2.75) is 32.2 Å². The van der Waals surface area contributed by atoms with Gasteiger partial charge in [-0.05, 0) is 50.6 Å². The summed E-state index contributed by atoms with van der Waals surface area (Å²) in [6.45, 7) is 5.70. The van der Waals surface area contributed by atoms with Crippen LogP contribution in [0.2, 0.25) is 0 Å². The minimum absolute atomic E-state index is 0.398. The Morgan fingerprint density at radius 1 is 1.40 bits per heavy atom. The highest BCUT2D eigenvalue weighted by atomic mass is 16.4. The Hall–Kier alpha value is -1.75. The number of H-pyrrole nitrogens is 1. The van der Waals surface area contributed by atoms with E-state index in [2.05, 4.69) is 22.1 Å². The van der Waals surface area contributed by atoms with Crippen molar-refractivity contribution in [1.82, 2.24) is 9.88 Å². The van der Waals surface area contributed by atoms with Gasteiger partial charge in [0, 0.05) is 18.3 Å². The van der Waals surface area contributed by atoms with Gasteiger partial charge in [-0.2, -0.15) is 0 Å². The summed E-state index contributed by atoms with van der Waals surface area (Å²) in [5.41, 5.74) is 2.41. The lowest BCUT2D eigenvalue weighted by atomic mass is 10.1. The van der Waals surface area contributed by atoms with E-state index in [1.54, 1.807) is 0 Å². The first-order valence-corrected chi connectivity index (χ1v) is 7.36. The molecule has 1 fully saturated rings. The standard InChI is InChI=1S/C15H21N3O2/c1-2-18-8-3-4-11(7-9-18)16-12-5-6-14-13(10-12)17-15(19)20-14/h5-6,10-11,16H,2-4,7-9H2,1H3,(H,17,19). The van der Waals surface area contributed by atoms with Crippen LogP contribution in [0, 0.1) is 0 Å². The summed E-state index contributed by atoms with van der Waals surface area (Å²) in [7, 11) is 0. The van der Waals surface area contributed by atoms with Gasteiger partial charge in [0.25, 0.3) is 0 Å². The van der Waals surface area contributed by atoms with Gasteiger partial charge in [0.15, 0.2) is 5.58 Å². The highest BCUT2D eigenvalue weighted by Crippen LogP contribution is 2.20. The van der Waals surface area contributed by atoms with Gasteiger partial charge in [-0.1, -0.05) is 6.92 Å². The van der Waals surface area contributed by atoms with E-state index >= 15 is 0 Å². The largest absolute Gasteiger partial charge is 0.417 e. The molecule has 1 unspecified atom stereocenters. The van der Waals surface area contributed by atoms with Crippen molar-refractivity contribution in [3.8, 4) is 0 Å². The Kier molecular flexibility index (Phi) is 3.78. The molecular weight excluding hydrogens is 254 g/mol. The zero-order chi connectivity index (χ0) is 13.9. The van der Waals surface area contributed by atoms with Crippen LogP contribution in [0.3, 0.4) is 0 Å². The molecule has 5 heteroatoms. The fraction of sp³-hybridized carbons (Fsp3) is 0.533. The molecule has 5 nitrogen and oxygen atoms in total. The maximum absolute atomic E-state index is 11.2. The molecule has 3 rings (SSSR count). The van der Waals surface area contributed by atoms with E-state index in [0.717, 1.165) is 30.7 Å². The first-order valence-electron chi connectivity index (χ1n) is 7.36. The highest BCUT2D eigenvalue weighted by molar-refractivity contribution is 5.76. The SMILES string of the molecule is CCN1CCCC(Nc2ccc3oc(=O)[nH]c3c2)CC1. The smallest absolute Gasteiger partial charge is 0.408 e. The monoisotopic (exact) mass is 275 g/mol. The van der Waals surface area contributed by atoms with Gasteiger partial charge in [0.1, 0.15) is 0 Å². The van der Waals surface area contributed by atoms with E-state index in [9.17, 15) is 4.79 Å². The van der Waals surface area contributed by atoms with Crippen molar-refractivity contribution < 1.29 is 4.42 Å². The summed E-state index contributed by atoms with van der Waals surface area (Å²) in [4.78, 5) is 16.3. The number of oxazole rings is 1. The van der Waals surface area contributed by atoms with Gasteiger partial charge < -0.3 is 14.6 Å². The molecule has 0 aliphatic carbocycles. The quantitative estimate of drug-likeness (QED) is 0.903. The van der Waals surface area contributed by atoms with Crippen LogP contribution < -0.4 is 11.1 Å². The Bertz CT molecular complexity index is 631. The number of likely N-dealkylation sites (tertiary alicyclic amines) is 1. The first-order chi connectivity index (χ1) is 9.74. The fourth-order valence-electron chi connectivity index (χ4n) is 2.89.